The van der Waals surface area contributed by atoms with Crippen LogP contribution in [0, 0.1) is 13.8 Å². The molecule has 0 saturated heterocycles. The molecule has 0 radical (unpaired) electrons. The predicted octanol–water partition coefficient (Wildman–Crippen LogP) is 4.53. The average Bonchev–Trinajstić information content (AvgIpc) is 3.07. The summed E-state index contributed by atoms with van der Waals surface area (Å²) in [4.78, 5) is 14.0. The second kappa shape index (κ2) is 9.42. The molecule has 3 aromatic rings. The maximum absolute atomic E-state index is 12.6. The molecule has 31 heavy (non-hydrogen) atoms. The molecule has 2 aromatic carbocycles. The van der Waals surface area contributed by atoms with Crippen LogP contribution in [0.1, 0.15) is 17.0 Å². The van der Waals surface area contributed by atoms with Crippen molar-refractivity contribution in [3.05, 3.63) is 65.5 Å². The van der Waals surface area contributed by atoms with Gasteiger partial charge >= 0.3 is 6.36 Å². The lowest BCUT2D eigenvalue weighted by Crippen LogP contribution is -2.28. The highest BCUT2D eigenvalue weighted by Gasteiger charge is 2.32. The zero-order valence-electron chi connectivity index (χ0n) is 17.2. The molecule has 0 aliphatic rings. The van der Waals surface area contributed by atoms with Crippen LogP contribution < -0.4 is 4.74 Å². The van der Waals surface area contributed by atoms with E-state index in [4.69, 9.17) is 0 Å². The molecule has 1 amide bonds. The Kier molecular flexibility index (Phi) is 6.89. The summed E-state index contributed by atoms with van der Waals surface area (Å²) in [5, 5.41) is 8.80. The van der Waals surface area contributed by atoms with Crippen molar-refractivity contribution in [2.45, 2.75) is 31.9 Å². The molecule has 3 rings (SSSR count). The smallest absolute Gasteiger partial charge is 0.405 e. The fraction of sp³-hybridized carbons (Fsp3) is 0.286. The molecule has 10 heteroatoms. The summed E-state index contributed by atoms with van der Waals surface area (Å²) in [5.41, 5.74) is 2.27. The first-order valence-corrected chi connectivity index (χ1v) is 10.3. The van der Waals surface area contributed by atoms with Crippen molar-refractivity contribution in [1.82, 2.24) is 19.7 Å². The number of amides is 1. The lowest BCUT2D eigenvalue weighted by molar-refractivity contribution is -0.275. The van der Waals surface area contributed by atoms with Crippen LogP contribution in [-0.2, 0) is 11.3 Å². The number of ether oxygens (including phenoxy) is 1. The Balaban J connectivity index is 1.67. The number of para-hydroxylation sites is 1. The highest BCUT2D eigenvalue weighted by Crippen LogP contribution is 2.27. The lowest BCUT2D eigenvalue weighted by atomic mass is 10.2. The van der Waals surface area contributed by atoms with E-state index in [2.05, 4.69) is 14.9 Å². The molecule has 0 spiro atoms. The monoisotopic (exact) mass is 450 g/mol. The number of aromatic nitrogens is 3. The number of alkyl halides is 3. The summed E-state index contributed by atoms with van der Waals surface area (Å²) in [7, 11) is 1.53. The molecular formula is C21H21F3N4O2S. The van der Waals surface area contributed by atoms with Crippen LogP contribution in [0.5, 0.6) is 5.75 Å². The third kappa shape index (κ3) is 6.00. The van der Waals surface area contributed by atoms with E-state index >= 15 is 0 Å². The third-order valence-electron chi connectivity index (χ3n) is 4.44. The van der Waals surface area contributed by atoms with Gasteiger partial charge in [-0.2, -0.15) is 0 Å². The number of rotatable bonds is 7. The maximum Gasteiger partial charge on any atom is 0.573 e. The molecule has 0 unspecified atom stereocenters. The molecule has 0 atom stereocenters. The van der Waals surface area contributed by atoms with Gasteiger partial charge in [0.25, 0.3) is 0 Å². The standard InChI is InChI=1S/C21H21F3N4O2S/c1-14-8-10-17(11-9-14)28-15(2)25-26-20(28)31-13-19(29)27(3)12-16-6-4-5-7-18(16)30-21(22,23)24/h4-11H,12-13H2,1-3H3. The van der Waals surface area contributed by atoms with Crippen LogP contribution in [0.15, 0.2) is 53.7 Å². The zero-order valence-corrected chi connectivity index (χ0v) is 18.0. The Hall–Kier alpha value is -3.01. The molecular weight excluding hydrogens is 429 g/mol. The quantitative estimate of drug-likeness (QED) is 0.495. The summed E-state index contributed by atoms with van der Waals surface area (Å²) >= 11 is 1.22. The van der Waals surface area contributed by atoms with Crippen molar-refractivity contribution in [3.8, 4) is 11.4 Å². The third-order valence-corrected chi connectivity index (χ3v) is 5.36. The second-order valence-electron chi connectivity index (χ2n) is 6.89. The number of halogens is 3. The van der Waals surface area contributed by atoms with Gasteiger partial charge in [0.05, 0.1) is 5.75 Å². The van der Waals surface area contributed by atoms with Gasteiger partial charge in [0.1, 0.15) is 11.6 Å². The van der Waals surface area contributed by atoms with Crippen molar-refractivity contribution >= 4 is 17.7 Å². The predicted molar refractivity (Wildman–Crippen MR) is 111 cm³/mol. The van der Waals surface area contributed by atoms with Crippen LogP contribution in [0.3, 0.4) is 0 Å². The van der Waals surface area contributed by atoms with Gasteiger partial charge in [0.15, 0.2) is 5.16 Å². The van der Waals surface area contributed by atoms with Crippen molar-refractivity contribution in [2.75, 3.05) is 12.8 Å². The molecule has 0 N–H and O–H groups in total. The molecule has 164 valence electrons. The van der Waals surface area contributed by atoms with Crippen molar-refractivity contribution in [1.29, 1.82) is 0 Å². The van der Waals surface area contributed by atoms with E-state index in [1.807, 2.05) is 42.7 Å². The first kappa shape index (κ1) is 22.7. The largest absolute Gasteiger partial charge is 0.573 e. The van der Waals surface area contributed by atoms with Gasteiger partial charge in [0.2, 0.25) is 5.91 Å². The first-order chi connectivity index (χ1) is 14.6. The molecule has 0 fully saturated rings. The normalized spacial score (nSPS) is 11.4. The minimum absolute atomic E-state index is 0.0185. The fourth-order valence-electron chi connectivity index (χ4n) is 2.87. The lowest BCUT2D eigenvalue weighted by Gasteiger charge is -2.19. The first-order valence-electron chi connectivity index (χ1n) is 9.33. The van der Waals surface area contributed by atoms with E-state index < -0.39 is 6.36 Å². The van der Waals surface area contributed by atoms with Crippen LogP contribution in [0.2, 0.25) is 0 Å². The van der Waals surface area contributed by atoms with Gasteiger partial charge in [-0.25, -0.2) is 0 Å². The summed E-state index contributed by atoms with van der Waals surface area (Å²) in [5.74, 6) is 0.160. The van der Waals surface area contributed by atoms with Crippen molar-refractivity contribution in [2.24, 2.45) is 0 Å². The van der Waals surface area contributed by atoms with Crippen molar-refractivity contribution < 1.29 is 22.7 Å². The number of carbonyl (C=O) groups is 1. The SMILES string of the molecule is Cc1ccc(-n2c(C)nnc2SCC(=O)N(C)Cc2ccccc2OC(F)(F)F)cc1. The molecule has 0 bridgehead atoms. The number of thioether (sulfide) groups is 1. The number of carbonyl (C=O) groups excluding carboxylic acids is 1. The summed E-state index contributed by atoms with van der Waals surface area (Å²) in [6, 6.07) is 13.6. The minimum atomic E-state index is -4.80. The van der Waals surface area contributed by atoms with Gasteiger partial charge < -0.3 is 9.64 Å². The Morgan fingerprint density at radius 3 is 2.45 bits per heavy atom. The van der Waals surface area contributed by atoms with Crippen LogP contribution in [0.25, 0.3) is 5.69 Å². The Morgan fingerprint density at radius 1 is 1.10 bits per heavy atom. The van der Waals surface area contributed by atoms with Crippen LogP contribution in [-0.4, -0.2) is 44.7 Å². The molecule has 6 nitrogen and oxygen atoms in total. The Labute approximate surface area is 182 Å². The summed E-state index contributed by atoms with van der Waals surface area (Å²) in [6.07, 6.45) is -4.80. The Morgan fingerprint density at radius 2 is 1.77 bits per heavy atom. The molecule has 1 heterocycles. The van der Waals surface area contributed by atoms with Gasteiger partial charge in [-0.3, -0.25) is 9.36 Å². The number of nitrogens with zero attached hydrogens (tertiary/aromatic N) is 4. The maximum atomic E-state index is 12.6. The summed E-state index contributed by atoms with van der Waals surface area (Å²) in [6.45, 7) is 3.79. The molecule has 0 aliphatic heterocycles. The highest BCUT2D eigenvalue weighted by molar-refractivity contribution is 7.99. The van der Waals surface area contributed by atoms with Gasteiger partial charge in [0, 0.05) is 24.8 Å². The highest BCUT2D eigenvalue weighted by atomic mass is 32.2. The van der Waals surface area contributed by atoms with Gasteiger partial charge in [-0.15, -0.1) is 23.4 Å². The number of benzene rings is 2. The van der Waals surface area contributed by atoms with E-state index in [-0.39, 0.29) is 29.5 Å². The van der Waals surface area contributed by atoms with E-state index in [1.54, 1.807) is 6.07 Å². The topological polar surface area (TPSA) is 60.2 Å². The van der Waals surface area contributed by atoms with Crippen molar-refractivity contribution in [3.63, 3.8) is 0 Å². The van der Waals surface area contributed by atoms with Gasteiger partial charge in [-0.05, 0) is 32.0 Å². The number of hydrogen-bond donors (Lipinski definition) is 0. The van der Waals surface area contributed by atoms with Crippen LogP contribution in [0.4, 0.5) is 13.2 Å². The Bertz CT molecular complexity index is 1050. The van der Waals surface area contributed by atoms with E-state index in [0.29, 0.717) is 11.0 Å². The molecule has 1 aromatic heterocycles. The van der Waals surface area contributed by atoms with E-state index in [0.717, 1.165) is 11.3 Å². The number of aryl methyl sites for hydroxylation is 2. The average molecular weight is 450 g/mol. The second-order valence-corrected chi connectivity index (χ2v) is 7.84. The zero-order chi connectivity index (χ0) is 22.6. The van der Waals surface area contributed by atoms with Gasteiger partial charge in [-0.1, -0.05) is 47.7 Å². The van der Waals surface area contributed by atoms with Crippen LogP contribution >= 0.6 is 11.8 Å². The summed E-state index contributed by atoms with van der Waals surface area (Å²) < 4.78 is 43.7. The number of hydrogen-bond acceptors (Lipinski definition) is 5. The van der Waals surface area contributed by atoms with E-state index in [9.17, 15) is 18.0 Å². The molecule has 0 saturated carbocycles. The van der Waals surface area contributed by atoms with E-state index in [1.165, 1.54) is 41.9 Å². The minimum Gasteiger partial charge on any atom is -0.405 e. The molecule has 0 aliphatic carbocycles. The fourth-order valence-corrected chi connectivity index (χ4v) is 3.80.